The van der Waals surface area contributed by atoms with E-state index >= 15 is 0 Å². The normalized spacial score (nSPS) is 22.4. The molecule has 2 N–H and O–H groups in total. The zero-order chi connectivity index (χ0) is 14.5. The molecule has 1 aliphatic rings. The number of rotatable bonds is 4. The lowest BCUT2D eigenvalue weighted by atomic mass is 9.83. The Labute approximate surface area is 119 Å². The van der Waals surface area contributed by atoms with Gasteiger partial charge in [0.1, 0.15) is 11.6 Å². The summed E-state index contributed by atoms with van der Waals surface area (Å²) < 4.78 is 13.3. The van der Waals surface area contributed by atoms with E-state index in [0.29, 0.717) is 11.7 Å². The van der Waals surface area contributed by atoms with Crippen LogP contribution in [0.1, 0.15) is 49.4 Å². The SMILES string of the molecule is CCC1CCCCC1NC(=O)c1cc(F)cnc1NC. The molecular formula is C15H22FN3O. The van der Waals surface area contributed by atoms with Crippen molar-refractivity contribution in [3.05, 3.63) is 23.6 Å². The Hall–Kier alpha value is -1.65. The second-order valence-electron chi connectivity index (χ2n) is 5.33. The van der Waals surface area contributed by atoms with Gasteiger partial charge in [-0.25, -0.2) is 9.37 Å². The first-order valence-corrected chi connectivity index (χ1v) is 7.29. The minimum absolute atomic E-state index is 0.189. The van der Waals surface area contributed by atoms with Crippen molar-refractivity contribution in [3.8, 4) is 0 Å². The van der Waals surface area contributed by atoms with Crippen LogP contribution in [0.25, 0.3) is 0 Å². The van der Waals surface area contributed by atoms with E-state index in [-0.39, 0.29) is 17.5 Å². The summed E-state index contributed by atoms with van der Waals surface area (Å²) in [4.78, 5) is 16.3. The smallest absolute Gasteiger partial charge is 0.255 e. The summed E-state index contributed by atoms with van der Waals surface area (Å²) in [5, 5.41) is 5.88. The lowest BCUT2D eigenvalue weighted by Gasteiger charge is -2.31. The van der Waals surface area contributed by atoms with Crippen LogP contribution in [0.4, 0.5) is 10.2 Å². The second-order valence-corrected chi connectivity index (χ2v) is 5.33. The standard InChI is InChI=1S/C15H22FN3O/c1-3-10-6-4-5-7-13(10)19-15(20)12-8-11(16)9-18-14(12)17-2/h8-10,13H,3-7H2,1-2H3,(H,17,18)(H,19,20). The van der Waals surface area contributed by atoms with Crippen molar-refractivity contribution in [1.29, 1.82) is 0 Å². The zero-order valence-corrected chi connectivity index (χ0v) is 12.1. The minimum Gasteiger partial charge on any atom is -0.372 e. The molecule has 1 saturated carbocycles. The molecule has 0 spiro atoms. The lowest BCUT2D eigenvalue weighted by Crippen LogP contribution is -2.42. The Morgan fingerprint density at radius 2 is 2.20 bits per heavy atom. The van der Waals surface area contributed by atoms with Crippen LogP contribution in [0.2, 0.25) is 0 Å². The van der Waals surface area contributed by atoms with Gasteiger partial charge in [0.05, 0.1) is 11.8 Å². The van der Waals surface area contributed by atoms with E-state index in [1.807, 2.05) is 0 Å². The molecule has 20 heavy (non-hydrogen) atoms. The van der Waals surface area contributed by atoms with Gasteiger partial charge in [-0.2, -0.15) is 0 Å². The zero-order valence-electron chi connectivity index (χ0n) is 12.1. The number of amides is 1. The van der Waals surface area contributed by atoms with Crippen LogP contribution in [0.3, 0.4) is 0 Å². The molecule has 0 radical (unpaired) electrons. The molecule has 1 heterocycles. The fourth-order valence-corrected chi connectivity index (χ4v) is 2.94. The number of hydrogen-bond donors (Lipinski definition) is 2. The van der Waals surface area contributed by atoms with Crippen molar-refractivity contribution in [3.63, 3.8) is 0 Å². The fourth-order valence-electron chi connectivity index (χ4n) is 2.94. The largest absolute Gasteiger partial charge is 0.372 e. The number of anilines is 1. The first-order chi connectivity index (χ1) is 9.65. The summed E-state index contributed by atoms with van der Waals surface area (Å²) in [5.41, 5.74) is 0.271. The lowest BCUT2D eigenvalue weighted by molar-refractivity contribution is 0.0905. The van der Waals surface area contributed by atoms with Crippen molar-refractivity contribution in [1.82, 2.24) is 10.3 Å². The highest BCUT2D eigenvalue weighted by Gasteiger charge is 2.26. The molecule has 2 unspecified atom stereocenters. The summed E-state index contributed by atoms with van der Waals surface area (Å²) >= 11 is 0. The third-order valence-electron chi connectivity index (χ3n) is 4.09. The molecule has 4 nitrogen and oxygen atoms in total. The number of aromatic nitrogens is 1. The van der Waals surface area contributed by atoms with Crippen molar-refractivity contribution in [2.24, 2.45) is 5.92 Å². The molecule has 2 rings (SSSR count). The summed E-state index contributed by atoms with van der Waals surface area (Å²) in [6, 6.07) is 1.42. The number of nitrogens with zero attached hydrogens (tertiary/aromatic N) is 1. The molecule has 0 aromatic carbocycles. The van der Waals surface area contributed by atoms with Crippen molar-refractivity contribution in [2.75, 3.05) is 12.4 Å². The molecule has 1 aromatic heterocycles. The molecule has 2 atom stereocenters. The van der Waals surface area contributed by atoms with E-state index in [1.54, 1.807) is 7.05 Å². The van der Waals surface area contributed by atoms with Crippen LogP contribution >= 0.6 is 0 Å². The van der Waals surface area contributed by atoms with Crippen LogP contribution in [0.15, 0.2) is 12.3 Å². The van der Waals surface area contributed by atoms with Crippen molar-refractivity contribution < 1.29 is 9.18 Å². The van der Waals surface area contributed by atoms with E-state index < -0.39 is 5.82 Å². The Kier molecular flexibility index (Phi) is 4.93. The van der Waals surface area contributed by atoms with Gasteiger partial charge in [0.15, 0.2) is 0 Å². The van der Waals surface area contributed by atoms with E-state index in [0.717, 1.165) is 31.9 Å². The Bertz CT molecular complexity index is 478. The molecule has 0 saturated heterocycles. The predicted octanol–water partition coefficient (Wildman–Crippen LogP) is 2.96. The van der Waals surface area contributed by atoms with Crippen LogP contribution in [-0.4, -0.2) is 24.0 Å². The molecule has 1 aromatic rings. The third-order valence-corrected chi connectivity index (χ3v) is 4.09. The van der Waals surface area contributed by atoms with Gasteiger partial charge in [-0.05, 0) is 24.8 Å². The minimum atomic E-state index is -0.496. The summed E-state index contributed by atoms with van der Waals surface area (Å²) in [7, 11) is 1.67. The number of nitrogens with one attached hydrogen (secondary N) is 2. The van der Waals surface area contributed by atoms with Crippen LogP contribution in [0, 0.1) is 11.7 Å². The highest BCUT2D eigenvalue weighted by Crippen LogP contribution is 2.27. The van der Waals surface area contributed by atoms with Gasteiger partial charge in [-0.1, -0.05) is 26.2 Å². The third kappa shape index (κ3) is 3.26. The monoisotopic (exact) mass is 279 g/mol. The van der Waals surface area contributed by atoms with Crippen LogP contribution in [0.5, 0.6) is 0 Å². The second kappa shape index (κ2) is 6.68. The molecular weight excluding hydrogens is 257 g/mol. The molecule has 1 fully saturated rings. The number of halogens is 1. The highest BCUT2D eigenvalue weighted by atomic mass is 19.1. The maximum absolute atomic E-state index is 13.3. The fraction of sp³-hybridized carbons (Fsp3) is 0.600. The van der Waals surface area contributed by atoms with Crippen LogP contribution < -0.4 is 10.6 Å². The first kappa shape index (κ1) is 14.8. The van der Waals surface area contributed by atoms with E-state index in [1.165, 1.54) is 12.5 Å². The molecule has 0 aliphatic heterocycles. The Balaban J connectivity index is 2.13. The van der Waals surface area contributed by atoms with Gasteiger partial charge in [-0.15, -0.1) is 0 Å². The summed E-state index contributed by atoms with van der Waals surface area (Å²) in [5.74, 6) is 0.191. The summed E-state index contributed by atoms with van der Waals surface area (Å²) in [6.45, 7) is 2.15. The van der Waals surface area contributed by atoms with Gasteiger partial charge in [0.2, 0.25) is 0 Å². The van der Waals surface area contributed by atoms with E-state index in [9.17, 15) is 9.18 Å². The summed E-state index contributed by atoms with van der Waals surface area (Å²) in [6.07, 6.45) is 6.70. The average Bonchev–Trinajstić information content (AvgIpc) is 2.47. The molecule has 1 aliphatic carbocycles. The van der Waals surface area contributed by atoms with Gasteiger partial charge < -0.3 is 10.6 Å². The maximum atomic E-state index is 13.3. The number of carbonyl (C=O) groups is 1. The highest BCUT2D eigenvalue weighted by molar-refractivity contribution is 5.98. The molecule has 110 valence electrons. The van der Waals surface area contributed by atoms with Crippen molar-refractivity contribution >= 4 is 11.7 Å². The molecule has 1 amide bonds. The number of pyridine rings is 1. The van der Waals surface area contributed by atoms with E-state index in [4.69, 9.17) is 0 Å². The topological polar surface area (TPSA) is 54.0 Å². The van der Waals surface area contributed by atoms with E-state index in [2.05, 4.69) is 22.5 Å². The molecule has 0 bridgehead atoms. The van der Waals surface area contributed by atoms with Gasteiger partial charge in [0.25, 0.3) is 5.91 Å². The van der Waals surface area contributed by atoms with Gasteiger partial charge in [0, 0.05) is 13.1 Å². The Morgan fingerprint density at radius 3 is 2.90 bits per heavy atom. The Morgan fingerprint density at radius 1 is 1.45 bits per heavy atom. The first-order valence-electron chi connectivity index (χ1n) is 7.29. The quantitative estimate of drug-likeness (QED) is 0.891. The predicted molar refractivity (Wildman–Crippen MR) is 77.2 cm³/mol. The number of carbonyl (C=O) groups excluding carboxylic acids is 1. The number of hydrogen-bond acceptors (Lipinski definition) is 3. The van der Waals surface area contributed by atoms with Gasteiger partial charge in [-0.3, -0.25) is 4.79 Å². The van der Waals surface area contributed by atoms with Crippen molar-refractivity contribution in [2.45, 2.75) is 45.1 Å². The van der Waals surface area contributed by atoms with Gasteiger partial charge >= 0.3 is 0 Å². The molecule has 5 heteroatoms. The average molecular weight is 279 g/mol. The van der Waals surface area contributed by atoms with Crippen LogP contribution in [-0.2, 0) is 0 Å². The maximum Gasteiger partial charge on any atom is 0.255 e.